The van der Waals surface area contributed by atoms with Crippen molar-refractivity contribution < 1.29 is 9.15 Å². The van der Waals surface area contributed by atoms with E-state index in [1.165, 1.54) is 0 Å². The van der Waals surface area contributed by atoms with E-state index in [2.05, 4.69) is 37.7 Å². The van der Waals surface area contributed by atoms with Crippen molar-refractivity contribution in [1.29, 1.82) is 0 Å². The van der Waals surface area contributed by atoms with Gasteiger partial charge in [0.25, 0.3) is 0 Å². The number of anilines is 1. The van der Waals surface area contributed by atoms with Gasteiger partial charge in [0.05, 0.1) is 17.7 Å². The Morgan fingerprint density at radius 2 is 2.15 bits per heavy atom. The third kappa shape index (κ3) is 2.71. The molecule has 0 amide bonds. The fourth-order valence-corrected chi connectivity index (χ4v) is 2.50. The van der Waals surface area contributed by atoms with Gasteiger partial charge in [-0.1, -0.05) is 6.92 Å². The van der Waals surface area contributed by atoms with Crippen LogP contribution < -0.4 is 4.90 Å². The second-order valence-electron chi connectivity index (χ2n) is 4.64. The van der Waals surface area contributed by atoms with Crippen molar-refractivity contribution in [2.24, 2.45) is 0 Å². The molecule has 3 heterocycles. The van der Waals surface area contributed by atoms with E-state index in [0.717, 1.165) is 29.0 Å². The molecule has 1 atom stereocenters. The number of nitrogens with zero attached hydrogens (tertiary/aromatic N) is 3. The molecule has 5 nitrogen and oxygen atoms in total. The lowest BCUT2D eigenvalue weighted by Gasteiger charge is -2.34. The Kier molecular flexibility index (Phi) is 4.03. The van der Waals surface area contributed by atoms with E-state index in [-0.39, 0.29) is 6.04 Å². The molecule has 0 bridgehead atoms. The lowest BCUT2D eigenvalue weighted by atomic mass is 10.2. The molecule has 0 spiro atoms. The Balaban J connectivity index is 1.88. The van der Waals surface area contributed by atoms with Crippen molar-refractivity contribution in [2.75, 3.05) is 24.7 Å². The summed E-state index contributed by atoms with van der Waals surface area (Å²) in [5, 5.41) is 0. The Labute approximate surface area is 126 Å². The molecule has 0 aromatic carbocycles. The number of aryl methyl sites for hydroxylation is 1. The highest BCUT2D eigenvalue weighted by Gasteiger charge is 2.29. The summed E-state index contributed by atoms with van der Waals surface area (Å²) in [5.74, 6) is 2.60. The van der Waals surface area contributed by atoms with Crippen molar-refractivity contribution in [3.63, 3.8) is 0 Å². The van der Waals surface area contributed by atoms with Gasteiger partial charge in [-0.25, -0.2) is 9.97 Å². The number of hydrogen-bond acceptors (Lipinski definition) is 5. The van der Waals surface area contributed by atoms with Crippen molar-refractivity contribution in [1.82, 2.24) is 9.97 Å². The van der Waals surface area contributed by atoms with E-state index in [0.29, 0.717) is 19.2 Å². The first kappa shape index (κ1) is 13.6. The van der Waals surface area contributed by atoms with Gasteiger partial charge >= 0.3 is 0 Å². The van der Waals surface area contributed by atoms with Crippen LogP contribution in [0.15, 0.2) is 33.4 Å². The maximum Gasteiger partial charge on any atom is 0.226 e. The topological polar surface area (TPSA) is 51.4 Å². The van der Waals surface area contributed by atoms with Gasteiger partial charge in [-0.15, -0.1) is 0 Å². The van der Waals surface area contributed by atoms with Crippen molar-refractivity contribution in [3.05, 3.63) is 40.5 Å². The van der Waals surface area contributed by atoms with Crippen molar-refractivity contribution >= 4 is 21.9 Å². The predicted octanol–water partition coefficient (Wildman–Crippen LogP) is 2.97. The number of rotatable bonds is 3. The van der Waals surface area contributed by atoms with Crippen LogP contribution in [0.3, 0.4) is 0 Å². The fraction of sp³-hybridized carbons (Fsp3) is 0.429. The molecule has 6 heteroatoms. The van der Waals surface area contributed by atoms with E-state index in [4.69, 9.17) is 9.15 Å². The minimum Gasteiger partial charge on any atom is -0.464 e. The first-order valence-electron chi connectivity index (χ1n) is 6.68. The molecule has 0 aliphatic carbocycles. The van der Waals surface area contributed by atoms with Crippen LogP contribution in [0.1, 0.15) is 24.5 Å². The minimum atomic E-state index is 0.0326. The van der Waals surface area contributed by atoms with Crippen LogP contribution in [0.4, 0.5) is 5.95 Å². The first-order valence-corrected chi connectivity index (χ1v) is 7.47. The summed E-state index contributed by atoms with van der Waals surface area (Å²) in [6.07, 6.45) is 4.41. The molecule has 20 heavy (non-hydrogen) atoms. The standard InChI is InChI=1S/C14H16BrN3O2/c1-2-11-3-4-13(20-11)12-9-19-6-5-18(12)14-16-7-10(15)8-17-14/h3-4,7-8,12H,2,5-6,9H2,1H3. The highest BCUT2D eigenvalue weighted by molar-refractivity contribution is 9.10. The van der Waals surface area contributed by atoms with E-state index in [1.807, 2.05) is 12.1 Å². The van der Waals surface area contributed by atoms with Gasteiger partial charge in [0.2, 0.25) is 5.95 Å². The second kappa shape index (κ2) is 5.93. The molecular formula is C14H16BrN3O2. The highest BCUT2D eigenvalue weighted by Crippen LogP contribution is 2.29. The monoisotopic (exact) mass is 337 g/mol. The van der Waals surface area contributed by atoms with E-state index in [9.17, 15) is 0 Å². The van der Waals surface area contributed by atoms with Crippen LogP contribution in [0.2, 0.25) is 0 Å². The number of furan rings is 1. The third-order valence-corrected chi connectivity index (χ3v) is 3.76. The molecule has 1 fully saturated rings. The predicted molar refractivity (Wildman–Crippen MR) is 78.7 cm³/mol. The molecule has 0 saturated carbocycles. The van der Waals surface area contributed by atoms with Crippen LogP contribution in [0.5, 0.6) is 0 Å². The molecule has 2 aromatic rings. The van der Waals surface area contributed by atoms with Crippen LogP contribution >= 0.6 is 15.9 Å². The van der Waals surface area contributed by atoms with Crippen LogP contribution in [-0.2, 0) is 11.2 Å². The SMILES string of the molecule is CCc1ccc(C2COCCN2c2ncc(Br)cn2)o1. The number of aromatic nitrogens is 2. The van der Waals surface area contributed by atoms with Crippen LogP contribution in [-0.4, -0.2) is 29.7 Å². The van der Waals surface area contributed by atoms with Gasteiger partial charge in [-0.3, -0.25) is 0 Å². The second-order valence-corrected chi connectivity index (χ2v) is 5.56. The first-order chi connectivity index (χ1) is 9.78. The largest absolute Gasteiger partial charge is 0.464 e. The molecule has 1 saturated heterocycles. The molecule has 0 radical (unpaired) electrons. The molecule has 1 unspecified atom stereocenters. The van der Waals surface area contributed by atoms with Gasteiger partial charge in [0, 0.05) is 25.4 Å². The van der Waals surface area contributed by atoms with Crippen molar-refractivity contribution in [3.8, 4) is 0 Å². The fourth-order valence-electron chi connectivity index (χ4n) is 2.30. The van der Waals surface area contributed by atoms with Gasteiger partial charge in [-0.05, 0) is 28.1 Å². The minimum absolute atomic E-state index is 0.0326. The number of halogens is 1. The molecule has 1 aliphatic rings. The molecule has 1 aliphatic heterocycles. The Hall–Kier alpha value is -1.40. The zero-order chi connectivity index (χ0) is 13.9. The lowest BCUT2D eigenvalue weighted by Crippen LogP contribution is -2.40. The summed E-state index contributed by atoms with van der Waals surface area (Å²) < 4.78 is 12.3. The molecule has 106 valence electrons. The lowest BCUT2D eigenvalue weighted by molar-refractivity contribution is 0.0864. The van der Waals surface area contributed by atoms with Gasteiger partial charge < -0.3 is 14.1 Å². The van der Waals surface area contributed by atoms with Gasteiger partial charge in [0.15, 0.2) is 0 Å². The zero-order valence-electron chi connectivity index (χ0n) is 11.3. The van der Waals surface area contributed by atoms with Gasteiger partial charge in [0.1, 0.15) is 17.6 Å². The summed E-state index contributed by atoms with van der Waals surface area (Å²) in [4.78, 5) is 10.9. The number of hydrogen-bond donors (Lipinski definition) is 0. The number of ether oxygens (including phenoxy) is 1. The average Bonchev–Trinajstić information content (AvgIpc) is 2.97. The summed E-state index contributed by atoms with van der Waals surface area (Å²) >= 11 is 3.36. The smallest absolute Gasteiger partial charge is 0.226 e. The summed E-state index contributed by atoms with van der Waals surface area (Å²) in [7, 11) is 0. The maximum absolute atomic E-state index is 5.86. The summed E-state index contributed by atoms with van der Waals surface area (Å²) in [6, 6.07) is 4.07. The molecule has 2 aromatic heterocycles. The Bertz CT molecular complexity index is 570. The zero-order valence-corrected chi connectivity index (χ0v) is 12.8. The van der Waals surface area contributed by atoms with E-state index >= 15 is 0 Å². The van der Waals surface area contributed by atoms with Crippen molar-refractivity contribution in [2.45, 2.75) is 19.4 Å². The number of morpholine rings is 1. The summed E-state index contributed by atoms with van der Waals surface area (Å²) in [6.45, 7) is 4.11. The normalized spacial score (nSPS) is 19.3. The van der Waals surface area contributed by atoms with Crippen LogP contribution in [0, 0.1) is 0 Å². The quantitative estimate of drug-likeness (QED) is 0.861. The highest BCUT2D eigenvalue weighted by atomic mass is 79.9. The average molecular weight is 338 g/mol. The third-order valence-electron chi connectivity index (χ3n) is 3.35. The summed E-state index contributed by atoms with van der Waals surface area (Å²) in [5.41, 5.74) is 0. The molecule has 0 N–H and O–H groups in total. The Morgan fingerprint density at radius 1 is 1.35 bits per heavy atom. The molecular weight excluding hydrogens is 322 g/mol. The van der Waals surface area contributed by atoms with E-state index < -0.39 is 0 Å². The maximum atomic E-state index is 5.86. The van der Waals surface area contributed by atoms with E-state index in [1.54, 1.807) is 12.4 Å². The van der Waals surface area contributed by atoms with Crippen LogP contribution in [0.25, 0.3) is 0 Å². The molecule has 3 rings (SSSR count). The van der Waals surface area contributed by atoms with Gasteiger partial charge in [-0.2, -0.15) is 0 Å². The Morgan fingerprint density at radius 3 is 2.85 bits per heavy atom.